The highest BCUT2D eigenvalue weighted by atomic mass is 79.9. The summed E-state index contributed by atoms with van der Waals surface area (Å²) < 4.78 is 5.41. The number of hydrazine groups is 1. The number of aryl methyl sites for hydroxylation is 1. The lowest BCUT2D eigenvalue weighted by molar-refractivity contribution is -0.154. The van der Waals surface area contributed by atoms with Gasteiger partial charge in [-0.05, 0) is 74.4 Å². The zero-order chi connectivity index (χ0) is 31.0. The summed E-state index contributed by atoms with van der Waals surface area (Å²) in [6, 6.07) is 16.9. The number of nitrogens with zero attached hydrogens (tertiary/aromatic N) is 2. The van der Waals surface area contributed by atoms with Crippen molar-refractivity contribution in [2.24, 2.45) is 11.8 Å². The third-order valence-corrected chi connectivity index (χ3v) is 11.0. The van der Waals surface area contributed by atoms with Crippen LogP contribution < -0.4 is 4.74 Å². The molecule has 12 heteroatoms. The van der Waals surface area contributed by atoms with Gasteiger partial charge in [-0.25, -0.2) is 9.80 Å². The molecular formula is C31H24Br2Cl2N2O6. The summed E-state index contributed by atoms with van der Waals surface area (Å²) in [5, 5.41) is 2.00. The van der Waals surface area contributed by atoms with Crippen molar-refractivity contribution in [3.8, 4) is 5.75 Å². The van der Waals surface area contributed by atoms with Gasteiger partial charge in [0.05, 0.1) is 27.4 Å². The van der Waals surface area contributed by atoms with Gasteiger partial charge in [0.1, 0.15) is 12.3 Å². The number of Topliss-reactive ketones (excluding diaryl/α,β-unsaturated/α-hetero) is 1. The highest BCUT2D eigenvalue weighted by molar-refractivity contribution is 9.12. The van der Waals surface area contributed by atoms with Gasteiger partial charge in [0, 0.05) is 20.8 Å². The lowest BCUT2D eigenvalue weighted by atomic mass is 9.81. The number of carbonyl (C=O) groups excluding carboxylic acids is 5. The Balaban J connectivity index is 1.39. The molecule has 3 aromatic carbocycles. The quantitative estimate of drug-likeness (QED) is 0.0879. The second kappa shape index (κ2) is 12.9. The lowest BCUT2D eigenvalue weighted by Crippen LogP contribution is -2.52. The first-order valence-corrected chi connectivity index (χ1v) is 15.9. The smallest absolute Gasteiger partial charge is 0.343 e. The normalized spacial score (nSPS) is 21.4. The number of fused-ring (bicyclic) bond motifs is 1. The largest absolute Gasteiger partial charge is 0.423 e. The fourth-order valence-corrected chi connectivity index (χ4v) is 6.65. The van der Waals surface area contributed by atoms with E-state index < -0.39 is 47.9 Å². The van der Waals surface area contributed by atoms with Crippen LogP contribution in [0.4, 0.5) is 0 Å². The minimum Gasteiger partial charge on any atom is -0.423 e. The van der Waals surface area contributed by atoms with Crippen molar-refractivity contribution >= 4 is 84.5 Å². The van der Waals surface area contributed by atoms with Gasteiger partial charge in [0.15, 0.2) is 5.78 Å². The Bertz CT molecular complexity index is 1590. The van der Waals surface area contributed by atoms with Crippen LogP contribution in [0.1, 0.15) is 49.5 Å². The number of benzene rings is 3. The fourth-order valence-electron chi connectivity index (χ4n) is 5.12. The van der Waals surface area contributed by atoms with E-state index >= 15 is 0 Å². The first-order chi connectivity index (χ1) is 20.4. The molecule has 0 unspecified atom stereocenters. The number of halogens is 4. The van der Waals surface area contributed by atoms with Gasteiger partial charge in [0.2, 0.25) is 0 Å². The van der Waals surface area contributed by atoms with E-state index in [4.69, 9.17) is 27.9 Å². The molecule has 0 N–H and O–H groups in total. The van der Waals surface area contributed by atoms with E-state index in [2.05, 4.69) is 31.9 Å². The number of rotatable bonds is 7. The molecule has 1 saturated carbocycles. The molecule has 2 aliphatic rings. The van der Waals surface area contributed by atoms with Crippen LogP contribution in [0.25, 0.3) is 0 Å². The Labute approximate surface area is 274 Å². The predicted molar refractivity (Wildman–Crippen MR) is 168 cm³/mol. The van der Waals surface area contributed by atoms with Crippen LogP contribution in [0.5, 0.6) is 5.75 Å². The Kier molecular flexibility index (Phi) is 9.41. The number of carbonyl (C=O) groups is 5. The zero-order valence-corrected chi connectivity index (χ0v) is 27.3. The van der Waals surface area contributed by atoms with Crippen molar-refractivity contribution in [3.63, 3.8) is 0 Å². The topological polar surface area (TPSA) is 101 Å². The first-order valence-electron chi connectivity index (χ1n) is 13.3. The molecule has 222 valence electrons. The van der Waals surface area contributed by atoms with Gasteiger partial charge in [-0.2, -0.15) is 5.01 Å². The van der Waals surface area contributed by atoms with Gasteiger partial charge < -0.3 is 4.74 Å². The molecule has 0 radical (unpaired) electrons. The predicted octanol–water partition coefficient (Wildman–Crippen LogP) is 6.68. The van der Waals surface area contributed by atoms with Gasteiger partial charge in [-0.15, -0.1) is 0 Å². The third kappa shape index (κ3) is 6.57. The van der Waals surface area contributed by atoms with E-state index in [1.54, 1.807) is 24.3 Å². The van der Waals surface area contributed by atoms with Gasteiger partial charge in [-0.1, -0.05) is 72.8 Å². The number of esters is 1. The van der Waals surface area contributed by atoms with Crippen LogP contribution in [0.2, 0.25) is 10.0 Å². The summed E-state index contributed by atoms with van der Waals surface area (Å²) in [5.74, 6) is -4.00. The van der Waals surface area contributed by atoms with E-state index in [9.17, 15) is 24.0 Å². The van der Waals surface area contributed by atoms with Crippen LogP contribution in [-0.2, 0) is 9.59 Å². The standard InChI is InChI=1S/C31H24Br2Cl2N2O6/c1-16-2-4-18(5-3-16)31(42)43-20-9-6-17(7-10-20)27(38)15-36(28(39)19-8-11-25(34)26(35)12-19)37-29(40)21-13-23(32)24(33)14-22(21)30(37)41/h2-12,21-24H,13-15H2,1H3/t21-,22+,23-,24-/m0/s1. The monoisotopic (exact) mass is 748 g/mol. The molecule has 3 aromatic rings. The average Bonchev–Trinajstić information content (AvgIpc) is 3.21. The third-order valence-electron chi connectivity index (χ3n) is 7.50. The highest BCUT2D eigenvalue weighted by Gasteiger charge is 2.54. The maximum absolute atomic E-state index is 13.8. The lowest BCUT2D eigenvalue weighted by Gasteiger charge is -2.30. The Morgan fingerprint density at radius 3 is 1.91 bits per heavy atom. The molecule has 1 aliphatic carbocycles. The minimum absolute atomic E-state index is 0.0371. The van der Waals surface area contributed by atoms with Crippen LogP contribution in [0.3, 0.4) is 0 Å². The van der Waals surface area contributed by atoms with E-state index in [1.165, 1.54) is 42.5 Å². The fraction of sp³-hybridized carbons (Fsp3) is 0.258. The van der Waals surface area contributed by atoms with Crippen molar-refractivity contribution in [2.45, 2.75) is 29.4 Å². The van der Waals surface area contributed by atoms with Crippen molar-refractivity contribution < 1.29 is 28.7 Å². The first kappa shape index (κ1) is 31.4. The number of ketones is 1. The van der Waals surface area contributed by atoms with E-state index in [0.29, 0.717) is 18.4 Å². The van der Waals surface area contributed by atoms with E-state index in [0.717, 1.165) is 15.6 Å². The molecule has 4 atom stereocenters. The molecule has 0 spiro atoms. The summed E-state index contributed by atoms with van der Waals surface area (Å²) in [6.07, 6.45) is 0.792. The van der Waals surface area contributed by atoms with Crippen molar-refractivity contribution in [1.29, 1.82) is 0 Å². The molecule has 8 nitrogen and oxygen atoms in total. The van der Waals surface area contributed by atoms with Gasteiger partial charge in [-0.3, -0.25) is 19.2 Å². The highest BCUT2D eigenvalue weighted by Crippen LogP contribution is 2.43. The van der Waals surface area contributed by atoms with Crippen LogP contribution in [0, 0.1) is 18.8 Å². The Morgan fingerprint density at radius 1 is 0.814 bits per heavy atom. The van der Waals surface area contributed by atoms with Crippen LogP contribution in [0.15, 0.2) is 66.7 Å². The summed E-state index contributed by atoms with van der Waals surface area (Å²) in [4.78, 5) is 66.8. The molecule has 5 rings (SSSR count). The van der Waals surface area contributed by atoms with Crippen molar-refractivity contribution in [1.82, 2.24) is 10.0 Å². The molecule has 2 fully saturated rings. The molecule has 1 aliphatic heterocycles. The Hall–Kier alpha value is -3.05. The maximum atomic E-state index is 13.8. The second-order valence-electron chi connectivity index (χ2n) is 10.4. The summed E-state index contributed by atoms with van der Waals surface area (Å²) >= 11 is 19.3. The number of hydrogen-bond donors (Lipinski definition) is 0. The van der Waals surface area contributed by atoms with E-state index in [1.807, 2.05) is 6.92 Å². The SMILES string of the molecule is Cc1ccc(C(=O)Oc2ccc(C(=O)CN(C(=O)c3ccc(Cl)c(Cl)c3)N3C(=O)[C@H]4C[C@H](Br)[C@@H](Br)C[C@H]4C3=O)cc2)cc1. The van der Waals surface area contributed by atoms with Gasteiger partial charge >= 0.3 is 5.97 Å². The van der Waals surface area contributed by atoms with Crippen LogP contribution >= 0.6 is 55.1 Å². The van der Waals surface area contributed by atoms with E-state index in [-0.39, 0.29) is 36.6 Å². The summed E-state index contributed by atoms with van der Waals surface area (Å²) in [6.45, 7) is 1.30. The molecule has 1 heterocycles. The Morgan fingerprint density at radius 2 is 1.35 bits per heavy atom. The minimum atomic E-state index is -0.762. The van der Waals surface area contributed by atoms with Crippen molar-refractivity contribution in [2.75, 3.05) is 6.54 Å². The zero-order valence-electron chi connectivity index (χ0n) is 22.6. The number of alkyl halides is 2. The number of imide groups is 1. The number of amides is 3. The molecule has 0 bridgehead atoms. The molecular weight excluding hydrogens is 727 g/mol. The second-order valence-corrected chi connectivity index (χ2v) is 13.6. The average molecular weight is 751 g/mol. The van der Waals surface area contributed by atoms with Crippen molar-refractivity contribution in [3.05, 3.63) is 99.0 Å². The molecule has 1 saturated heterocycles. The molecule has 3 amide bonds. The van der Waals surface area contributed by atoms with Gasteiger partial charge in [0.25, 0.3) is 17.7 Å². The van der Waals surface area contributed by atoms with Crippen LogP contribution in [-0.4, -0.2) is 55.7 Å². The summed E-state index contributed by atoms with van der Waals surface area (Å²) in [5.41, 5.74) is 1.61. The molecule has 0 aromatic heterocycles. The maximum Gasteiger partial charge on any atom is 0.343 e. The number of hydrogen-bond acceptors (Lipinski definition) is 6. The molecule has 43 heavy (non-hydrogen) atoms. The summed E-state index contributed by atoms with van der Waals surface area (Å²) in [7, 11) is 0. The number of ether oxygens (including phenoxy) is 1.